The highest BCUT2D eigenvalue weighted by Crippen LogP contribution is 2.77. The van der Waals surface area contributed by atoms with E-state index in [-0.39, 0.29) is 44.8 Å². The van der Waals surface area contributed by atoms with Gasteiger partial charge in [0, 0.05) is 37.5 Å². The number of carbonyl (C=O) groups excluding carboxylic acids is 4. The lowest BCUT2D eigenvalue weighted by molar-refractivity contribution is -0.235. The number of carbonyl (C=O) groups is 4. The van der Waals surface area contributed by atoms with E-state index in [4.69, 9.17) is 0 Å². The van der Waals surface area contributed by atoms with Crippen LogP contribution in [0.5, 0.6) is 0 Å². The molecule has 3 unspecified atom stereocenters. The van der Waals surface area contributed by atoms with Crippen LogP contribution >= 0.6 is 0 Å². The predicted octanol–water partition coefficient (Wildman–Crippen LogP) is 9.22. The first-order chi connectivity index (χ1) is 21.7. The fraction of sp³-hybridized carbons (Fsp3) is 0.905. The van der Waals surface area contributed by atoms with Gasteiger partial charge in [0.2, 0.25) is 0 Å². The van der Waals surface area contributed by atoms with Gasteiger partial charge >= 0.3 is 0 Å². The molecule has 0 radical (unpaired) electrons. The third-order valence-corrected chi connectivity index (χ3v) is 19.0. The van der Waals surface area contributed by atoms with Crippen molar-refractivity contribution in [1.82, 2.24) is 0 Å². The molecule has 8 saturated carbocycles. The second kappa shape index (κ2) is 10.3. The van der Waals surface area contributed by atoms with Gasteiger partial charge in [-0.1, -0.05) is 27.7 Å². The van der Waals surface area contributed by atoms with Crippen LogP contribution in [0.25, 0.3) is 0 Å². The van der Waals surface area contributed by atoms with E-state index in [0.717, 1.165) is 51.4 Å². The van der Waals surface area contributed by atoms with Crippen LogP contribution in [0.15, 0.2) is 0 Å². The zero-order valence-electron chi connectivity index (χ0n) is 29.9. The van der Waals surface area contributed by atoms with Crippen molar-refractivity contribution in [2.45, 2.75) is 151 Å². The Labute approximate surface area is 278 Å². The number of Topliss-reactive ketones (excluding diaryl/α,β-unsaturated/α-hetero) is 4. The van der Waals surface area contributed by atoms with Crippen molar-refractivity contribution in [3.8, 4) is 0 Å². The first-order valence-electron chi connectivity index (χ1n) is 19.7. The molecule has 8 rings (SSSR count). The molecule has 0 heterocycles. The van der Waals surface area contributed by atoms with E-state index in [1.165, 1.54) is 38.5 Å². The van der Waals surface area contributed by atoms with Crippen molar-refractivity contribution in [2.75, 3.05) is 0 Å². The summed E-state index contributed by atoms with van der Waals surface area (Å²) in [5, 5.41) is 0. The smallest absolute Gasteiger partial charge is 0.133 e. The maximum Gasteiger partial charge on any atom is 0.133 e. The van der Waals surface area contributed by atoms with E-state index in [9.17, 15) is 19.2 Å². The molecule has 254 valence electrons. The minimum atomic E-state index is -0.0981. The molecule has 0 N–H and O–H groups in total. The number of ketones is 4. The molecule has 0 saturated heterocycles. The van der Waals surface area contributed by atoms with E-state index in [2.05, 4.69) is 27.7 Å². The van der Waals surface area contributed by atoms with Gasteiger partial charge in [-0.15, -0.1) is 0 Å². The number of hydrogen-bond donors (Lipinski definition) is 0. The topological polar surface area (TPSA) is 68.3 Å². The Kier molecular flexibility index (Phi) is 7.18. The Balaban J connectivity index is 1.19. The van der Waals surface area contributed by atoms with E-state index in [1.54, 1.807) is 0 Å². The lowest BCUT2D eigenvalue weighted by Crippen LogP contribution is -2.67. The monoisotopic (exact) mass is 630 g/mol. The molecule has 0 aliphatic heterocycles. The van der Waals surface area contributed by atoms with Gasteiger partial charge in [-0.05, 0) is 172 Å². The molecule has 0 spiro atoms. The molecule has 0 aromatic heterocycles. The quantitative estimate of drug-likeness (QED) is 0.312. The third-order valence-electron chi connectivity index (χ3n) is 19.0. The van der Waals surface area contributed by atoms with Crippen LogP contribution in [0.3, 0.4) is 0 Å². The van der Waals surface area contributed by atoms with Gasteiger partial charge in [-0.25, -0.2) is 0 Å². The minimum Gasteiger partial charge on any atom is -0.300 e. The minimum absolute atomic E-state index is 0.0680. The molecule has 0 aromatic carbocycles. The lowest BCUT2D eigenvalue weighted by atomic mass is 9.32. The van der Waals surface area contributed by atoms with Crippen LogP contribution in [0.4, 0.5) is 0 Å². The molecule has 0 aromatic rings. The molecular formula is C42H62O4. The maximum absolute atomic E-state index is 13.9. The van der Waals surface area contributed by atoms with Crippen LogP contribution < -0.4 is 0 Å². The van der Waals surface area contributed by atoms with Crippen LogP contribution in [0, 0.1) is 86.3 Å². The van der Waals surface area contributed by atoms with E-state index >= 15 is 0 Å². The number of rotatable bonds is 3. The summed E-state index contributed by atoms with van der Waals surface area (Å²) in [5.41, 5.74) is 0.317. The van der Waals surface area contributed by atoms with Crippen molar-refractivity contribution < 1.29 is 19.2 Å². The van der Waals surface area contributed by atoms with Crippen molar-refractivity contribution in [3.63, 3.8) is 0 Å². The Bertz CT molecular complexity index is 1350. The molecule has 8 aliphatic carbocycles. The summed E-state index contributed by atoms with van der Waals surface area (Å²) in [6.07, 6.45) is 17.7. The van der Waals surface area contributed by atoms with Crippen molar-refractivity contribution in [3.05, 3.63) is 0 Å². The zero-order valence-corrected chi connectivity index (χ0v) is 29.9. The fourth-order valence-electron chi connectivity index (χ4n) is 17.1. The van der Waals surface area contributed by atoms with Crippen LogP contribution in [0.1, 0.15) is 151 Å². The third kappa shape index (κ3) is 3.91. The molecule has 8 fully saturated rings. The van der Waals surface area contributed by atoms with Crippen LogP contribution in [-0.4, -0.2) is 23.1 Å². The average molecular weight is 631 g/mol. The Hall–Kier alpha value is -1.32. The normalized spacial score (nSPS) is 56.1. The first kappa shape index (κ1) is 31.9. The second-order valence-electron chi connectivity index (χ2n) is 19.8. The average Bonchev–Trinajstić information content (AvgIpc) is 3.54. The summed E-state index contributed by atoms with van der Waals surface area (Å²) in [6, 6.07) is 0. The molecule has 0 amide bonds. The van der Waals surface area contributed by atoms with Gasteiger partial charge in [0.05, 0.1) is 0 Å². The summed E-state index contributed by atoms with van der Waals surface area (Å²) in [6.45, 7) is 13.8. The van der Waals surface area contributed by atoms with E-state index in [0.29, 0.717) is 83.8 Å². The van der Waals surface area contributed by atoms with Gasteiger partial charge in [-0.2, -0.15) is 0 Å². The summed E-state index contributed by atoms with van der Waals surface area (Å²) in [4.78, 5) is 53.4. The Morgan fingerprint density at radius 2 is 1.17 bits per heavy atom. The standard InChI is InChI=1S/C42H62O4/c1-24(43)31-10-12-34-30-14-20-42(23-27(45)13-19-40(42,5)35(30)15-17-38(31,34)3)37-22-28(46)21-26-7-8-29-33-11-9-32(25(2)44)39(33,4)18-16-36(29)41(26,37)6/h26,29-37H,7-23H2,1-6H3/t26?,29-,30-,31+,32+,33-,34-,35-,36-,37?,38+,39+,40+,41-,42?/m0/s1. The maximum atomic E-state index is 13.9. The molecule has 4 nitrogen and oxygen atoms in total. The lowest BCUT2D eigenvalue weighted by Gasteiger charge is -2.72. The van der Waals surface area contributed by atoms with Gasteiger partial charge in [0.25, 0.3) is 0 Å². The van der Waals surface area contributed by atoms with Gasteiger partial charge in [-0.3, -0.25) is 19.2 Å². The largest absolute Gasteiger partial charge is 0.300 e. The second-order valence-corrected chi connectivity index (χ2v) is 19.8. The number of fused-ring (bicyclic) bond motifs is 10. The highest BCUT2D eigenvalue weighted by atomic mass is 16.1. The molecule has 8 aliphatic rings. The van der Waals surface area contributed by atoms with E-state index < -0.39 is 0 Å². The SMILES string of the molecule is CC(=O)[C@H]1CC[C@H]2[C@@H]3CCC4CC(=O)CC(C56CC[C@H]7[C@@H]8CC[C@H](C(C)=O)[C@@]8(C)CC[C@@H]7[C@@]5(C)CCC(=O)C6)[C@]4(C)[C@H]3CC[C@]12C. The van der Waals surface area contributed by atoms with E-state index in [1.807, 2.05) is 13.8 Å². The number of hydrogen-bond acceptors (Lipinski definition) is 4. The van der Waals surface area contributed by atoms with Gasteiger partial charge < -0.3 is 0 Å². The summed E-state index contributed by atoms with van der Waals surface area (Å²) < 4.78 is 0. The van der Waals surface area contributed by atoms with Crippen LogP contribution in [0.2, 0.25) is 0 Å². The van der Waals surface area contributed by atoms with Gasteiger partial charge in [0.1, 0.15) is 23.1 Å². The Morgan fingerprint density at radius 1 is 0.587 bits per heavy atom. The van der Waals surface area contributed by atoms with Crippen molar-refractivity contribution in [2.24, 2.45) is 86.3 Å². The van der Waals surface area contributed by atoms with Crippen molar-refractivity contribution >= 4 is 23.1 Å². The molecule has 46 heavy (non-hydrogen) atoms. The highest BCUT2D eigenvalue weighted by molar-refractivity contribution is 5.83. The fourth-order valence-corrected chi connectivity index (χ4v) is 17.1. The molecule has 0 bridgehead atoms. The summed E-state index contributed by atoms with van der Waals surface area (Å²) in [5.74, 6) is 6.61. The summed E-state index contributed by atoms with van der Waals surface area (Å²) in [7, 11) is 0. The Morgan fingerprint density at radius 3 is 1.78 bits per heavy atom. The molecule has 4 heteroatoms. The predicted molar refractivity (Wildman–Crippen MR) is 180 cm³/mol. The molecular weight excluding hydrogens is 568 g/mol. The summed E-state index contributed by atoms with van der Waals surface area (Å²) >= 11 is 0. The molecule has 15 atom stereocenters. The highest BCUT2D eigenvalue weighted by Gasteiger charge is 2.72. The van der Waals surface area contributed by atoms with Crippen molar-refractivity contribution in [1.29, 1.82) is 0 Å². The van der Waals surface area contributed by atoms with Crippen LogP contribution in [-0.2, 0) is 19.2 Å². The van der Waals surface area contributed by atoms with Gasteiger partial charge in [0.15, 0.2) is 0 Å². The zero-order chi connectivity index (χ0) is 32.6. The first-order valence-corrected chi connectivity index (χ1v) is 19.7.